The van der Waals surface area contributed by atoms with Crippen LogP contribution in [0.15, 0.2) is 30.6 Å². The van der Waals surface area contributed by atoms with Gasteiger partial charge in [-0.1, -0.05) is 25.5 Å². The molecule has 0 unspecified atom stereocenters. The van der Waals surface area contributed by atoms with Crippen molar-refractivity contribution in [2.24, 2.45) is 0 Å². The van der Waals surface area contributed by atoms with E-state index in [-0.39, 0.29) is 17.3 Å². The number of nitrogens with one attached hydrogen (secondary N) is 2. The molecule has 0 fully saturated rings. The molecule has 8 nitrogen and oxygen atoms in total. The lowest BCUT2D eigenvalue weighted by atomic mass is 10.1. The van der Waals surface area contributed by atoms with Crippen LogP contribution in [0.5, 0.6) is 0 Å². The SMILES string of the molecule is CCCCc1ccc(Nc2ncnc(NN(C)C)c2[N+](=O)[O-])cc1. The number of benzene rings is 1. The first kappa shape index (κ1) is 17.6. The predicted octanol–water partition coefficient (Wildman–Crippen LogP) is 3.36. The van der Waals surface area contributed by atoms with Crippen LogP contribution >= 0.6 is 0 Å². The normalized spacial score (nSPS) is 10.7. The van der Waals surface area contributed by atoms with Gasteiger partial charge in [0.25, 0.3) is 0 Å². The van der Waals surface area contributed by atoms with Gasteiger partial charge in [-0.25, -0.2) is 15.0 Å². The van der Waals surface area contributed by atoms with Gasteiger partial charge in [0.05, 0.1) is 4.92 Å². The average Bonchev–Trinajstić information content (AvgIpc) is 2.53. The molecule has 0 spiro atoms. The number of hydrogen-bond donors (Lipinski definition) is 2. The van der Waals surface area contributed by atoms with Gasteiger partial charge in [-0.15, -0.1) is 0 Å². The summed E-state index contributed by atoms with van der Waals surface area (Å²) < 4.78 is 0. The summed E-state index contributed by atoms with van der Waals surface area (Å²) in [6.07, 6.45) is 4.61. The van der Waals surface area contributed by atoms with Gasteiger partial charge in [-0.3, -0.25) is 15.5 Å². The van der Waals surface area contributed by atoms with Crippen LogP contribution in [0.2, 0.25) is 0 Å². The summed E-state index contributed by atoms with van der Waals surface area (Å²) in [7, 11) is 3.46. The molecule has 1 aromatic carbocycles. The number of aromatic nitrogens is 2. The molecule has 0 aliphatic heterocycles. The van der Waals surface area contributed by atoms with Crippen molar-refractivity contribution in [2.75, 3.05) is 24.8 Å². The number of unbranched alkanes of at least 4 members (excludes halogenated alkanes) is 1. The summed E-state index contributed by atoms with van der Waals surface area (Å²) >= 11 is 0. The topological polar surface area (TPSA) is 96.2 Å². The Hall–Kier alpha value is -2.74. The maximum atomic E-state index is 11.4. The van der Waals surface area contributed by atoms with Gasteiger partial charge < -0.3 is 5.32 Å². The fraction of sp³-hybridized carbons (Fsp3) is 0.375. The van der Waals surface area contributed by atoms with Crippen molar-refractivity contribution < 1.29 is 4.92 Å². The minimum atomic E-state index is -0.496. The number of aryl methyl sites for hydroxylation is 1. The lowest BCUT2D eigenvalue weighted by molar-refractivity contribution is -0.383. The van der Waals surface area contributed by atoms with Gasteiger partial charge in [-0.2, -0.15) is 0 Å². The Morgan fingerprint density at radius 3 is 2.42 bits per heavy atom. The molecule has 2 N–H and O–H groups in total. The third-order valence-corrected chi connectivity index (χ3v) is 3.37. The van der Waals surface area contributed by atoms with Crippen molar-refractivity contribution in [3.8, 4) is 0 Å². The standard InChI is InChI=1S/C16H22N6O2/c1-4-5-6-12-7-9-13(10-8-12)19-15-14(22(23)24)16(18-11-17-15)20-21(2)3/h7-11H,4-6H2,1-3H3,(H2,17,18,19,20). The van der Waals surface area contributed by atoms with E-state index in [2.05, 4.69) is 27.6 Å². The molecule has 1 aromatic heterocycles. The molecule has 0 radical (unpaired) electrons. The van der Waals surface area contributed by atoms with Crippen molar-refractivity contribution in [3.63, 3.8) is 0 Å². The summed E-state index contributed by atoms with van der Waals surface area (Å²) in [5.41, 5.74) is 4.61. The minimum absolute atomic E-state index is 0.141. The fourth-order valence-electron chi connectivity index (χ4n) is 2.21. The molecule has 24 heavy (non-hydrogen) atoms. The number of anilines is 3. The first-order valence-corrected chi connectivity index (χ1v) is 7.80. The number of nitrogens with zero attached hydrogens (tertiary/aromatic N) is 4. The Kier molecular flexibility index (Phi) is 6.02. The zero-order valence-electron chi connectivity index (χ0n) is 14.1. The second kappa shape index (κ2) is 8.21. The summed E-state index contributed by atoms with van der Waals surface area (Å²) in [6, 6.07) is 7.83. The van der Waals surface area contributed by atoms with Crippen LogP contribution < -0.4 is 10.7 Å². The van der Waals surface area contributed by atoms with E-state index in [0.717, 1.165) is 24.9 Å². The van der Waals surface area contributed by atoms with Crippen molar-refractivity contribution in [1.82, 2.24) is 15.0 Å². The summed E-state index contributed by atoms with van der Waals surface area (Å²) in [5, 5.41) is 16.0. The molecule has 0 saturated carbocycles. The monoisotopic (exact) mass is 330 g/mol. The summed E-state index contributed by atoms with van der Waals surface area (Å²) in [4.78, 5) is 18.9. The Bertz CT molecular complexity index is 687. The first-order chi connectivity index (χ1) is 11.5. The highest BCUT2D eigenvalue weighted by molar-refractivity contribution is 5.73. The second-order valence-electron chi connectivity index (χ2n) is 5.61. The molecule has 8 heteroatoms. The van der Waals surface area contributed by atoms with Gasteiger partial charge >= 0.3 is 5.69 Å². The van der Waals surface area contributed by atoms with Crippen molar-refractivity contribution in [3.05, 3.63) is 46.3 Å². The Balaban J connectivity index is 2.24. The zero-order valence-corrected chi connectivity index (χ0v) is 14.1. The van der Waals surface area contributed by atoms with Gasteiger partial charge in [0.15, 0.2) is 0 Å². The molecule has 0 aliphatic carbocycles. The largest absolute Gasteiger partial charge is 0.354 e. The van der Waals surface area contributed by atoms with Crippen molar-refractivity contribution >= 4 is 23.0 Å². The van der Waals surface area contributed by atoms with Crippen LogP contribution in [0.3, 0.4) is 0 Å². The molecular formula is C16H22N6O2. The van der Waals surface area contributed by atoms with Gasteiger partial charge in [0.1, 0.15) is 6.33 Å². The molecular weight excluding hydrogens is 308 g/mol. The predicted molar refractivity (Wildman–Crippen MR) is 94.3 cm³/mol. The Labute approximate surface area is 141 Å². The molecule has 0 aliphatic rings. The molecule has 1 heterocycles. The minimum Gasteiger partial charge on any atom is -0.334 e. The van der Waals surface area contributed by atoms with E-state index in [4.69, 9.17) is 0 Å². The van der Waals surface area contributed by atoms with Crippen LogP contribution in [-0.2, 0) is 6.42 Å². The van der Waals surface area contributed by atoms with Crippen molar-refractivity contribution in [1.29, 1.82) is 0 Å². The first-order valence-electron chi connectivity index (χ1n) is 7.80. The smallest absolute Gasteiger partial charge is 0.334 e. The fourth-order valence-corrected chi connectivity index (χ4v) is 2.21. The number of hydrazine groups is 1. The lowest BCUT2D eigenvalue weighted by Gasteiger charge is -2.14. The molecule has 0 bridgehead atoms. The zero-order chi connectivity index (χ0) is 17.5. The van der Waals surface area contributed by atoms with E-state index < -0.39 is 4.92 Å². The molecule has 128 valence electrons. The number of nitro groups is 1. The molecule has 2 rings (SSSR count). The number of rotatable bonds is 8. The maximum Gasteiger partial charge on any atom is 0.354 e. The summed E-state index contributed by atoms with van der Waals surface area (Å²) in [5.74, 6) is 0.294. The van der Waals surface area contributed by atoms with E-state index in [9.17, 15) is 10.1 Å². The quantitative estimate of drug-likeness (QED) is 0.566. The average molecular weight is 330 g/mol. The summed E-state index contributed by atoms with van der Waals surface area (Å²) in [6.45, 7) is 2.16. The molecule has 0 amide bonds. The number of hydrogen-bond acceptors (Lipinski definition) is 7. The van der Waals surface area contributed by atoms with Gasteiger partial charge in [-0.05, 0) is 30.5 Å². The molecule has 0 saturated heterocycles. The van der Waals surface area contributed by atoms with Gasteiger partial charge in [0.2, 0.25) is 11.6 Å². The lowest BCUT2D eigenvalue weighted by Crippen LogP contribution is -2.21. The van der Waals surface area contributed by atoms with Crippen LogP contribution in [0.25, 0.3) is 0 Å². The van der Waals surface area contributed by atoms with Crippen LogP contribution in [0.1, 0.15) is 25.3 Å². The molecule has 0 atom stereocenters. The van der Waals surface area contributed by atoms with E-state index in [1.807, 2.05) is 24.3 Å². The highest BCUT2D eigenvalue weighted by atomic mass is 16.6. The van der Waals surface area contributed by atoms with E-state index in [0.29, 0.717) is 0 Å². The third kappa shape index (κ3) is 4.63. The highest BCUT2D eigenvalue weighted by Crippen LogP contribution is 2.31. The Morgan fingerprint density at radius 1 is 1.17 bits per heavy atom. The van der Waals surface area contributed by atoms with E-state index >= 15 is 0 Å². The van der Waals surface area contributed by atoms with E-state index in [1.165, 1.54) is 11.9 Å². The Morgan fingerprint density at radius 2 is 1.83 bits per heavy atom. The van der Waals surface area contributed by atoms with Crippen molar-refractivity contribution in [2.45, 2.75) is 26.2 Å². The highest BCUT2D eigenvalue weighted by Gasteiger charge is 2.23. The van der Waals surface area contributed by atoms with Crippen LogP contribution in [0, 0.1) is 10.1 Å². The molecule has 2 aromatic rings. The van der Waals surface area contributed by atoms with Gasteiger partial charge in [0, 0.05) is 19.8 Å². The second-order valence-corrected chi connectivity index (χ2v) is 5.61. The van der Waals surface area contributed by atoms with Crippen LogP contribution in [0.4, 0.5) is 23.0 Å². The van der Waals surface area contributed by atoms with Crippen LogP contribution in [-0.4, -0.2) is 34.0 Å². The third-order valence-electron chi connectivity index (χ3n) is 3.37. The maximum absolute atomic E-state index is 11.4. The van der Waals surface area contributed by atoms with E-state index in [1.54, 1.807) is 19.1 Å².